The normalized spacial score (nSPS) is 18.2. The van der Waals surface area contributed by atoms with E-state index < -0.39 is 11.2 Å². The van der Waals surface area contributed by atoms with Gasteiger partial charge in [-0.15, -0.1) is 0 Å². The van der Waals surface area contributed by atoms with Crippen LogP contribution in [0, 0.1) is 0 Å². The van der Waals surface area contributed by atoms with Gasteiger partial charge in [-0.25, -0.2) is 15.0 Å². The number of nitrogen functional groups attached to an aromatic ring is 1. The summed E-state index contributed by atoms with van der Waals surface area (Å²) < 4.78 is 13.8. The van der Waals surface area contributed by atoms with Gasteiger partial charge in [0.15, 0.2) is 0 Å². The van der Waals surface area contributed by atoms with Gasteiger partial charge in [0.05, 0.1) is 12.3 Å². The van der Waals surface area contributed by atoms with E-state index in [1.807, 2.05) is 0 Å². The molecule has 30 heavy (non-hydrogen) atoms. The second-order valence-corrected chi connectivity index (χ2v) is 10.9. The third-order valence-corrected chi connectivity index (χ3v) is 9.42. The Morgan fingerprint density at radius 3 is 2.53 bits per heavy atom. The maximum absolute atomic E-state index is 13.0. The number of hydrogen-bond acceptors (Lipinski definition) is 8. The standard InChI is InChI=1S/C21H25N5O2S2/c22-18-17-15(12-3-1-4-12)9-16(13-10-24-21(25-11-13)23-7-8-27)26-19(17)29-20(18)30(28)14-5-2-6-14/h9-12,14,27H,1-8,22H2,(H,23,24,25)/t30-/m1/s1. The zero-order valence-electron chi connectivity index (χ0n) is 16.6. The molecule has 1 atom stereocenters. The van der Waals surface area contributed by atoms with Gasteiger partial charge < -0.3 is 20.7 Å². The van der Waals surface area contributed by atoms with E-state index in [9.17, 15) is 4.55 Å². The van der Waals surface area contributed by atoms with Crippen molar-refractivity contribution < 1.29 is 9.66 Å². The van der Waals surface area contributed by atoms with Crippen molar-refractivity contribution in [2.24, 2.45) is 0 Å². The molecule has 3 aromatic heterocycles. The lowest BCUT2D eigenvalue weighted by molar-refractivity contribution is 0.311. The van der Waals surface area contributed by atoms with Crippen molar-refractivity contribution in [2.45, 2.75) is 53.9 Å². The fraction of sp³-hybridized carbons (Fsp3) is 0.476. The molecule has 2 aliphatic carbocycles. The molecular formula is C21H25N5O2S2. The highest BCUT2D eigenvalue weighted by Crippen LogP contribution is 2.48. The molecule has 0 aromatic carbocycles. The molecule has 4 N–H and O–H groups in total. The average molecular weight is 444 g/mol. The average Bonchev–Trinajstić information content (AvgIpc) is 3.01. The minimum atomic E-state index is -1.05. The number of thiophene rings is 1. The van der Waals surface area contributed by atoms with Crippen LogP contribution in [0.1, 0.15) is 50.0 Å². The molecule has 2 fully saturated rings. The van der Waals surface area contributed by atoms with Crippen LogP contribution < -0.4 is 11.1 Å². The molecule has 0 bridgehead atoms. The first kappa shape index (κ1) is 20.0. The van der Waals surface area contributed by atoms with Gasteiger partial charge in [-0.1, -0.05) is 17.8 Å². The van der Waals surface area contributed by atoms with E-state index in [0.29, 0.717) is 24.1 Å². The number of nitrogens with one attached hydrogen (secondary N) is 1. The van der Waals surface area contributed by atoms with E-state index in [4.69, 9.17) is 15.8 Å². The third-order valence-electron chi connectivity index (χ3n) is 6.12. The van der Waals surface area contributed by atoms with Crippen LogP contribution in [0.25, 0.3) is 21.5 Å². The van der Waals surface area contributed by atoms with Gasteiger partial charge in [0.1, 0.15) is 15.8 Å². The van der Waals surface area contributed by atoms with Crippen LogP contribution in [0.4, 0.5) is 11.6 Å². The minimum absolute atomic E-state index is 0.0262. The van der Waals surface area contributed by atoms with Gasteiger partial charge in [0, 0.05) is 41.1 Å². The largest absolute Gasteiger partial charge is 0.611 e. The summed E-state index contributed by atoms with van der Waals surface area (Å²) >= 11 is 0.433. The van der Waals surface area contributed by atoms with Crippen LogP contribution in [-0.4, -0.2) is 43.0 Å². The number of nitrogens with two attached hydrogens (primary N) is 1. The quantitative estimate of drug-likeness (QED) is 0.477. The number of pyridine rings is 1. The van der Waals surface area contributed by atoms with Crippen molar-refractivity contribution in [1.29, 1.82) is 0 Å². The number of fused-ring (bicyclic) bond motifs is 1. The molecule has 0 aliphatic heterocycles. The lowest BCUT2D eigenvalue weighted by Crippen LogP contribution is -2.28. The van der Waals surface area contributed by atoms with Gasteiger partial charge in [0.25, 0.3) is 0 Å². The smallest absolute Gasteiger partial charge is 0.232 e. The van der Waals surface area contributed by atoms with Gasteiger partial charge in [-0.3, -0.25) is 0 Å². The summed E-state index contributed by atoms with van der Waals surface area (Å²) in [6.07, 6.45) is 10.2. The number of aliphatic hydroxyl groups is 1. The Labute approximate surface area is 182 Å². The molecule has 9 heteroatoms. The summed E-state index contributed by atoms with van der Waals surface area (Å²) in [5.41, 5.74) is 10.1. The van der Waals surface area contributed by atoms with Crippen molar-refractivity contribution in [3.05, 3.63) is 24.0 Å². The van der Waals surface area contributed by atoms with E-state index in [2.05, 4.69) is 21.4 Å². The zero-order chi connectivity index (χ0) is 20.7. The van der Waals surface area contributed by atoms with Crippen LogP contribution in [0.3, 0.4) is 0 Å². The molecule has 2 aliphatic rings. The number of aromatic nitrogens is 3. The molecule has 3 heterocycles. The van der Waals surface area contributed by atoms with Crippen molar-refractivity contribution >= 4 is 44.4 Å². The first-order valence-electron chi connectivity index (χ1n) is 10.5. The predicted molar refractivity (Wildman–Crippen MR) is 121 cm³/mol. The summed E-state index contributed by atoms with van der Waals surface area (Å²) in [4.78, 5) is 14.4. The molecule has 0 amide bonds. The van der Waals surface area contributed by atoms with E-state index in [-0.39, 0.29) is 11.9 Å². The lowest BCUT2D eigenvalue weighted by Gasteiger charge is -2.27. The maximum atomic E-state index is 13.0. The molecule has 7 nitrogen and oxygen atoms in total. The summed E-state index contributed by atoms with van der Waals surface area (Å²) in [5.74, 6) is 0.953. The summed E-state index contributed by atoms with van der Waals surface area (Å²) in [6.45, 7) is 0.434. The van der Waals surface area contributed by atoms with Gasteiger partial charge in [-0.05, 0) is 49.7 Å². The summed E-state index contributed by atoms with van der Waals surface area (Å²) in [7, 11) is 0. The summed E-state index contributed by atoms with van der Waals surface area (Å²) in [5, 5.41) is 13.1. The molecule has 0 unspecified atom stereocenters. The van der Waals surface area contributed by atoms with Crippen molar-refractivity contribution in [2.75, 3.05) is 24.2 Å². The van der Waals surface area contributed by atoms with E-state index in [1.165, 1.54) is 23.3 Å². The molecular weight excluding hydrogens is 418 g/mol. The Morgan fingerprint density at radius 1 is 1.20 bits per heavy atom. The molecule has 2 saturated carbocycles. The Kier molecular flexibility index (Phi) is 5.53. The van der Waals surface area contributed by atoms with E-state index >= 15 is 0 Å². The molecule has 158 valence electrons. The Morgan fingerprint density at radius 2 is 1.93 bits per heavy atom. The number of nitrogens with zero attached hydrogens (tertiary/aromatic N) is 3. The van der Waals surface area contributed by atoms with Crippen LogP contribution in [0.2, 0.25) is 0 Å². The second-order valence-electron chi connectivity index (χ2n) is 8.00. The van der Waals surface area contributed by atoms with Crippen molar-refractivity contribution in [3.8, 4) is 11.3 Å². The van der Waals surface area contributed by atoms with Crippen LogP contribution in [0.15, 0.2) is 22.7 Å². The number of hydrogen-bond donors (Lipinski definition) is 3. The monoisotopic (exact) mass is 443 g/mol. The maximum Gasteiger partial charge on any atom is 0.232 e. The first-order chi connectivity index (χ1) is 14.7. The Balaban J connectivity index is 1.56. The highest BCUT2D eigenvalue weighted by Gasteiger charge is 2.36. The number of rotatable bonds is 7. The van der Waals surface area contributed by atoms with E-state index in [0.717, 1.165) is 57.8 Å². The van der Waals surface area contributed by atoms with E-state index in [1.54, 1.807) is 12.4 Å². The first-order valence-corrected chi connectivity index (χ1v) is 12.5. The number of anilines is 2. The predicted octanol–water partition coefficient (Wildman–Crippen LogP) is 3.67. The highest BCUT2D eigenvalue weighted by molar-refractivity contribution is 7.94. The van der Waals surface area contributed by atoms with Crippen LogP contribution >= 0.6 is 11.3 Å². The fourth-order valence-corrected chi connectivity index (χ4v) is 7.14. The molecule has 5 rings (SSSR count). The third kappa shape index (κ3) is 3.53. The molecule has 3 aromatic rings. The topological polar surface area (TPSA) is 120 Å². The Hall–Kier alpha value is -1.94. The fourth-order valence-electron chi connectivity index (χ4n) is 3.92. The highest BCUT2D eigenvalue weighted by atomic mass is 32.2. The van der Waals surface area contributed by atoms with Crippen LogP contribution in [-0.2, 0) is 11.2 Å². The molecule has 0 radical (unpaired) electrons. The molecule has 0 saturated heterocycles. The minimum Gasteiger partial charge on any atom is -0.611 e. The van der Waals surface area contributed by atoms with Crippen molar-refractivity contribution in [3.63, 3.8) is 0 Å². The molecule has 0 spiro atoms. The summed E-state index contributed by atoms with van der Waals surface area (Å²) in [6, 6.07) is 2.12. The van der Waals surface area contributed by atoms with Gasteiger partial charge >= 0.3 is 0 Å². The Bertz CT molecular complexity index is 1050. The lowest BCUT2D eigenvalue weighted by atomic mass is 9.79. The second kappa shape index (κ2) is 8.30. The van der Waals surface area contributed by atoms with Gasteiger partial charge in [0.2, 0.25) is 10.2 Å². The SMILES string of the molecule is Nc1c([S@+]([O-])C2CCC2)sc2nc(-c3cnc(NCCO)nc3)cc(C3CCC3)c12. The van der Waals surface area contributed by atoms with Crippen LogP contribution in [0.5, 0.6) is 0 Å². The van der Waals surface area contributed by atoms with Crippen molar-refractivity contribution in [1.82, 2.24) is 15.0 Å². The zero-order valence-corrected chi connectivity index (χ0v) is 18.3. The van der Waals surface area contributed by atoms with Gasteiger partial charge in [-0.2, -0.15) is 0 Å². The number of aliphatic hydroxyl groups excluding tert-OH is 1.